The average Bonchev–Trinajstić information content (AvgIpc) is 2.78. The number of anilines is 1. The fraction of sp³-hybridized carbons (Fsp3) is 0.192. The van der Waals surface area contributed by atoms with Gasteiger partial charge in [-0.1, -0.05) is 48.2 Å². The van der Waals surface area contributed by atoms with Gasteiger partial charge in [0.05, 0.1) is 22.3 Å². The van der Waals surface area contributed by atoms with Crippen molar-refractivity contribution in [3.05, 3.63) is 94.3 Å². The minimum absolute atomic E-state index is 0.0296. The number of aromatic nitrogens is 2. The van der Waals surface area contributed by atoms with E-state index in [1.807, 2.05) is 81.4 Å². The molecule has 6 heteroatoms. The zero-order valence-corrected chi connectivity index (χ0v) is 19.2. The highest BCUT2D eigenvalue weighted by molar-refractivity contribution is 7.99. The molecule has 1 heterocycles. The van der Waals surface area contributed by atoms with Crippen molar-refractivity contribution in [3.63, 3.8) is 0 Å². The van der Waals surface area contributed by atoms with Crippen molar-refractivity contribution in [2.45, 2.75) is 25.9 Å². The molecule has 0 spiro atoms. The number of carbonyl (C=O) groups is 1. The largest absolute Gasteiger partial charge is 0.312 e. The maximum atomic E-state index is 13.4. The number of para-hydroxylation sites is 2. The number of hydrogen-bond acceptors (Lipinski definition) is 4. The molecule has 0 saturated carbocycles. The SMILES string of the molecule is CCN(C(=O)CSc1nc2ccccc2c(=O)n1-c1cc(C)cc(C)c1)c1ccccc1. The van der Waals surface area contributed by atoms with Gasteiger partial charge in [0.15, 0.2) is 5.16 Å². The monoisotopic (exact) mass is 443 g/mol. The van der Waals surface area contributed by atoms with Crippen LogP contribution in [0.1, 0.15) is 18.1 Å². The fourth-order valence-corrected chi connectivity index (χ4v) is 4.72. The zero-order chi connectivity index (χ0) is 22.7. The number of amides is 1. The van der Waals surface area contributed by atoms with Crippen molar-refractivity contribution in [3.8, 4) is 5.69 Å². The summed E-state index contributed by atoms with van der Waals surface area (Å²) in [7, 11) is 0. The maximum absolute atomic E-state index is 13.4. The first kappa shape index (κ1) is 21.8. The standard InChI is InChI=1S/C26H25N3O2S/c1-4-28(20-10-6-5-7-11-20)24(30)17-32-26-27-23-13-9-8-12-22(23)25(31)29(26)21-15-18(2)14-19(3)16-21/h5-16H,4,17H2,1-3H3. The molecule has 0 N–H and O–H groups in total. The van der Waals surface area contributed by atoms with E-state index in [0.29, 0.717) is 22.6 Å². The van der Waals surface area contributed by atoms with E-state index in [2.05, 4.69) is 6.07 Å². The topological polar surface area (TPSA) is 55.2 Å². The molecule has 0 atom stereocenters. The molecule has 1 amide bonds. The Morgan fingerprint density at radius 1 is 0.969 bits per heavy atom. The van der Waals surface area contributed by atoms with E-state index >= 15 is 0 Å². The molecule has 162 valence electrons. The third-order valence-corrected chi connectivity index (χ3v) is 6.14. The fourth-order valence-electron chi connectivity index (χ4n) is 3.83. The Labute approximate surface area is 191 Å². The van der Waals surface area contributed by atoms with Crippen LogP contribution in [0.4, 0.5) is 5.69 Å². The molecule has 0 saturated heterocycles. The number of carbonyl (C=O) groups excluding carboxylic acids is 1. The molecule has 3 aromatic carbocycles. The Hall–Kier alpha value is -3.38. The molecule has 5 nitrogen and oxygen atoms in total. The molecule has 0 aliphatic carbocycles. The number of rotatable bonds is 6. The minimum Gasteiger partial charge on any atom is -0.312 e. The van der Waals surface area contributed by atoms with Gasteiger partial charge in [0.25, 0.3) is 5.56 Å². The maximum Gasteiger partial charge on any atom is 0.266 e. The highest BCUT2D eigenvalue weighted by atomic mass is 32.2. The summed E-state index contributed by atoms with van der Waals surface area (Å²) in [5, 5.41) is 1.07. The van der Waals surface area contributed by atoms with Gasteiger partial charge in [0.2, 0.25) is 5.91 Å². The Balaban J connectivity index is 1.74. The molecular weight excluding hydrogens is 418 g/mol. The summed E-state index contributed by atoms with van der Waals surface area (Å²) in [5.41, 5.74) is 4.24. The van der Waals surface area contributed by atoms with Gasteiger partial charge in [-0.3, -0.25) is 14.2 Å². The molecule has 0 unspecified atom stereocenters. The Morgan fingerprint density at radius 2 is 1.62 bits per heavy atom. The predicted molar refractivity (Wildman–Crippen MR) is 132 cm³/mol. The highest BCUT2D eigenvalue weighted by Crippen LogP contribution is 2.24. The number of fused-ring (bicyclic) bond motifs is 1. The number of benzene rings is 3. The molecule has 32 heavy (non-hydrogen) atoms. The zero-order valence-electron chi connectivity index (χ0n) is 18.4. The second-order valence-electron chi connectivity index (χ2n) is 7.66. The lowest BCUT2D eigenvalue weighted by Crippen LogP contribution is -2.32. The van der Waals surface area contributed by atoms with Crippen LogP contribution >= 0.6 is 11.8 Å². The third kappa shape index (κ3) is 4.46. The van der Waals surface area contributed by atoms with Gasteiger partial charge in [-0.2, -0.15) is 0 Å². The van der Waals surface area contributed by atoms with Gasteiger partial charge >= 0.3 is 0 Å². The van der Waals surface area contributed by atoms with Gasteiger partial charge in [-0.05, 0) is 68.3 Å². The van der Waals surface area contributed by atoms with E-state index in [4.69, 9.17) is 4.98 Å². The lowest BCUT2D eigenvalue weighted by Gasteiger charge is -2.21. The Kier molecular flexibility index (Phi) is 6.42. The van der Waals surface area contributed by atoms with Crippen LogP contribution < -0.4 is 10.5 Å². The predicted octanol–water partition coefficient (Wildman–Crippen LogP) is 5.15. The molecule has 4 rings (SSSR count). The summed E-state index contributed by atoms with van der Waals surface area (Å²) in [4.78, 5) is 33.0. The van der Waals surface area contributed by atoms with Crippen LogP contribution in [-0.2, 0) is 4.79 Å². The first-order valence-electron chi connectivity index (χ1n) is 10.6. The number of nitrogens with zero attached hydrogens (tertiary/aromatic N) is 3. The van der Waals surface area contributed by atoms with Crippen LogP contribution in [0.5, 0.6) is 0 Å². The second-order valence-corrected chi connectivity index (χ2v) is 8.60. The third-order valence-electron chi connectivity index (χ3n) is 5.22. The Bertz CT molecular complexity index is 1310. The van der Waals surface area contributed by atoms with Crippen molar-refractivity contribution >= 4 is 34.3 Å². The minimum atomic E-state index is -0.133. The van der Waals surface area contributed by atoms with Crippen molar-refractivity contribution in [2.24, 2.45) is 0 Å². The molecule has 0 radical (unpaired) electrons. The van der Waals surface area contributed by atoms with E-state index in [-0.39, 0.29) is 17.2 Å². The van der Waals surface area contributed by atoms with E-state index in [0.717, 1.165) is 22.5 Å². The van der Waals surface area contributed by atoms with Crippen molar-refractivity contribution in [1.82, 2.24) is 9.55 Å². The summed E-state index contributed by atoms with van der Waals surface area (Å²) >= 11 is 1.29. The number of aryl methyl sites for hydroxylation is 2. The van der Waals surface area contributed by atoms with Crippen LogP contribution in [0.3, 0.4) is 0 Å². The van der Waals surface area contributed by atoms with E-state index < -0.39 is 0 Å². The Morgan fingerprint density at radius 3 is 2.31 bits per heavy atom. The molecular formula is C26H25N3O2S. The van der Waals surface area contributed by atoms with E-state index in [1.54, 1.807) is 15.5 Å². The second kappa shape index (κ2) is 9.40. The van der Waals surface area contributed by atoms with E-state index in [1.165, 1.54) is 11.8 Å². The quantitative estimate of drug-likeness (QED) is 0.306. The van der Waals surface area contributed by atoms with Gasteiger partial charge < -0.3 is 4.90 Å². The lowest BCUT2D eigenvalue weighted by atomic mass is 10.1. The average molecular weight is 444 g/mol. The van der Waals surface area contributed by atoms with Crippen molar-refractivity contribution in [2.75, 3.05) is 17.2 Å². The molecule has 0 aliphatic heterocycles. The molecule has 4 aromatic rings. The lowest BCUT2D eigenvalue weighted by molar-refractivity contribution is -0.116. The van der Waals surface area contributed by atoms with Crippen LogP contribution in [0, 0.1) is 13.8 Å². The smallest absolute Gasteiger partial charge is 0.266 e. The van der Waals surface area contributed by atoms with Crippen LogP contribution in [0.2, 0.25) is 0 Å². The van der Waals surface area contributed by atoms with Crippen LogP contribution in [0.15, 0.2) is 82.7 Å². The highest BCUT2D eigenvalue weighted by Gasteiger charge is 2.18. The van der Waals surface area contributed by atoms with Gasteiger partial charge in [0, 0.05) is 12.2 Å². The van der Waals surface area contributed by atoms with Crippen LogP contribution in [-0.4, -0.2) is 27.8 Å². The van der Waals surface area contributed by atoms with Gasteiger partial charge in [-0.25, -0.2) is 4.98 Å². The van der Waals surface area contributed by atoms with Gasteiger partial charge in [-0.15, -0.1) is 0 Å². The molecule has 1 aromatic heterocycles. The summed E-state index contributed by atoms with van der Waals surface area (Å²) < 4.78 is 1.62. The first-order chi connectivity index (χ1) is 15.5. The molecule has 0 bridgehead atoms. The number of hydrogen-bond donors (Lipinski definition) is 0. The van der Waals surface area contributed by atoms with Crippen LogP contribution in [0.25, 0.3) is 16.6 Å². The molecule has 0 fully saturated rings. The van der Waals surface area contributed by atoms with Crippen molar-refractivity contribution in [1.29, 1.82) is 0 Å². The summed E-state index contributed by atoms with van der Waals surface area (Å²) in [6.07, 6.45) is 0. The number of thioether (sulfide) groups is 1. The van der Waals surface area contributed by atoms with Gasteiger partial charge in [0.1, 0.15) is 0 Å². The van der Waals surface area contributed by atoms with E-state index in [9.17, 15) is 9.59 Å². The summed E-state index contributed by atoms with van der Waals surface area (Å²) in [6, 6.07) is 22.9. The normalized spacial score (nSPS) is 11.0. The summed E-state index contributed by atoms with van der Waals surface area (Å²) in [6.45, 7) is 6.53. The van der Waals surface area contributed by atoms with Crippen molar-refractivity contribution < 1.29 is 4.79 Å². The first-order valence-corrected chi connectivity index (χ1v) is 11.5. The molecule has 0 aliphatic rings. The summed E-state index contributed by atoms with van der Waals surface area (Å²) in [5.74, 6) is 0.149.